The summed E-state index contributed by atoms with van der Waals surface area (Å²) in [4.78, 5) is 0. The third kappa shape index (κ3) is 3.81. The standard InChI is InChI=1S/C16H16BrClFN/c1-2-9-20-16(11-3-6-13(18)7-4-11)12-5-8-14(17)15(19)10-12/h3-8,10,16,20H,2,9H2,1H3. The van der Waals surface area contributed by atoms with Crippen molar-refractivity contribution in [2.75, 3.05) is 6.54 Å². The van der Waals surface area contributed by atoms with Crippen LogP contribution in [0.3, 0.4) is 0 Å². The number of nitrogens with one attached hydrogen (secondary N) is 1. The van der Waals surface area contributed by atoms with Crippen LogP contribution in [0.15, 0.2) is 46.9 Å². The molecule has 0 saturated carbocycles. The van der Waals surface area contributed by atoms with Crippen LogP contribution in [0, 0.1) is 5.82 Å². The van der Waals surface area contributed by atoms with Gasteiger partial charge in [0.05, 0.1) is 10.5 Å². The Morgan fingerprint density at radius 2 is 1.80 bits per heavy atom. The Bertz CT molecular complexity index is 571. The molecule has 0 heterocycles. The summed E-state index contributed by atoms with van der Waals surface area (Å²) in [6, 6.07) is 12.8. The molecule has 106 valence electrons. The molecule has 0 fully saturated rings. The van der Waals surface area contributed by atoms with Crippen LogP contribution in [-0.2, 0) is 0 Å². The van der Waals surface area contributed by atoms with Crippen molar-refractivity contribution in [1.29, 1.82) is 0 Å². The Kier molecular flexibility index (Phi) is 5.58. The molecule has 2 rings (SSSR count). The number of halogens is 3. The zero-order valence-corrected chi connectivity index (χ0v) is 13.5. The minimum Gasteiger partial charge on any atom is -0.306 e. The number of hydrogen-bond donors (Lipinski definition) is 1. The lowest BCUT2D eigenvalue weighted by Crippen LogP contribution is -2.23. The van der Waals surface area contributed by atoms with Gasteiger partial charge in [-0.15, -0.1) is 0 Å². The van der Waals surface area contributed by atoms with Crippen LogP contribution in [0.5, 0.6) is 0 Å². The normalized spacial score (nSPS) is 12.4. The molecule has 0 aliphatic rings. The van der Waals surface area contributed by atoms with Crippen molar-refractivity contribution in [2.45, 2.75) is 19.4 Å². The maximum atomic E-state index is 13.7. The van der Waals surface area contributed by atoms with Gasteiger partial charge >= 0.3 is 0 Å². The fourth-order valence-electron chi connectivity index (χ4n) is 2.06. The van der Waals surface area contributed by atoms with Crippen LogP contribution in [0.4, 0.5) is 4.39 Å². The fraction of sp³-hybridized carbons (Fsp3) is 0.250. The van der Waals surface area contributed by atoms with Crippen LogP contribution in [0.2, 0.25) is 5.02 Å². The van der Waals surface area contributed by atoms with Crippen molar-refractivity contribution in [3.63, 3.8) is 0 Å². The summed E-state index contributed by atoms with van der Waals surface area (Å²) < 4.78 is 14.2. The van der Waals surface area contributed by atoms with E-state index in [0.717, 1.165) is 24.1 Å². The monoisotopic (exact) mass is 355 g/mol. The summed E-state index contributed by atoms with van der Waals surface area (Å²) in [5.41, 5.74) is 1.98. The molecule has 4 heteroatoms. The fourth-order valence-corrected chi connectivity index (χ4v) is 2.44. The molecule has 2 aromatic carbocycles. The molecule has 1 atom stereocenters. The summed E-state index contributed by atoms with van der Waals surface area (Å²) >= 11 is 9.11. The lowest BCUT2D eigenvalue weighted by Gasteiger charge is -2.20. The van der Waals surface area contributed by atoms with E-state index in [9.17, 15) is 4.39 Å². The molecule has 0 bridgehead atoms. The van der Waals surface area contributed by atoms with Crippen LogP contribution in [0.1, 0.15) is 30.5 Å². The van der Waals surface area contributed by atoms with E-state index in [1.54, 1.807) is 12.1 Å². The van der Waals surface area contributed by atoms with E-state index < -0.39 is 0 Å². The zero-order chi connectivity index (χ0) is 14.5. The summed E-state index contributed by atoms with van der Waals surface area (Å²) in [7, 11) is 0. The number of hydrogen-bond acceptors (Lipinski definition) is 1. The van der Waals surface area contributed by atoms with Crippen molar-refractivity contribution in [3.05, 3.63) is 68.9 Å². The number of benzene rings is 2. The molecule has 0 aliphatic carbocycles. The third-order valence-corrected chi connectivity index (χ3v) is 3.97. The van der Waals surface area contributed by atoms with E-state index in [1.165, 1.54) is 0 Å². The molecule has 0 saturated heterocycles. The first-order valence-corrected chi connectivity index (χ1v) is 7.72. The first kappa shape index (κ1) is 15.5. The van der Waals surface area contributed by atoms with Gasteiger partial charge in [-0.2, -0.15) is 0 Å². The first-order chi connectivity index (χ1) is 9.61. The lowest BCUT2D eigenvalue weighted by atomic mass is 9.98. The number of rotatable bonds is 5. The second-order valence-corrected chi connectivity index (χ2v) is 5.90. The average Bonchev–Trinajstić information content (AvgIpc) is 2.45. The summed E-state index contributed by atoms with van der Waals surface area (Å²) in [6.45, 7) is 2.97. The van der Waals surface area contributed by atoms with Gasteiger partial charge in [0.25, 0.3) is 0 Å². The molecular weight excluding hydrogens is 341 g/mol. The zero-order valence-electron chi connectivity index (χ0n) is 11.2. The second-order valence-electron chi connectivity index (χ2n) is 4.61. The lowest BCUT2D eigenvalue weighted by molar-refractivity contribution is 0.583. The molecule has 1 unspecified atom stereocenters. The predicted octanol–water partition coefficient (Wildman–Crippen LogP) is 5.33. The Morgan fingerprint density at radius 3 is 2.40 bits per heavy atom. The Morgan fingerprint density at radius 1 is 1.15 bits per heavy atom. The van der Waals surface area contributed by atoms with E-state index in [-0.39, 0.29) is 11.9 Å². The first-order valence-electron chi connectivity index (χ1n) is 6.55. The maximum Gasteiger partial charge on any atom is 0.137 e. The molecule has 0 amide bonds. The topological polar surface area (TPSA) is 12.0 Å². The van der Waals surface area contributed by atoms with Gasteiger partial charge in [0.15, 0.2) is 0 Å². The van der Waals surface area contributed by atoms with Gasteiger partial charge in [-0.3, -0.25) is 0 Å². The van der Waals surface area contributed by atoms with Crippen molar-refractivity contribution >= 4 is 27.5 Å². The van der Waals surface area contributed by atoms with Crippen LogP contribution in [0.25, 0.3) is 0 Å². The third-order valence-electron chi connectivity index (χ3n) is 3.08. The van der Waals surface area contributed by atoms with Gasteiger partial charge in [0.1, 0.15) is 5.82 Å². The van der Waals surface area contributed by atoms with E-state index >= 15 is 0 Å². The smallest absolute Gasteiger partial charge is 0.137 e. The minimum absolute atomic E-state index is 0.0326. The van der Waals surface area contributed by atoms with Gasteiger partial charge in [0.2, 0.25) is 0 Å². The molecule has 20 heavy (non-hydrogen) atoms. The Labute approximate surface area is 132 Å². The highest BCUT2D eigenvalue weighted by Crippen LogP contribution is 2.26. The van der Waals surface area contributed by atoms with E-state index in [2.05, 4.69) is 28.2 Å². The summed E-state index contributed by atoms with van der Waals surface area (Å²) in [6.07, 6.45) is 1.02. The van der Waals surface area contributed by atoms with E-state index in [1.807, 2.05) is 30.3 Å². The average molecular weight is 357 g/mol. The summed E-state index contributed by atoms with van der Waals surface area (Å²) in [5, 5.41) is 4.14. The molecule has 0 aliphatic heterocycles. The largest absolute Gasteiger partial charge is 0.306 e. The van der Waals surface area contributed by atoms with Gasteiger partial charge in [-0.05, 0) is 64.3 Å². The van der Waals surface area contributed by atoms with Gasteiger partial charge in [-0.1, -0.05) is 36.7 Å². The molecule has 2 aromatic rings. The Hall–Kier alpha value is -0.900. The Balaban J connectivity index is 2.35. The minimum atomic E-state index is -0.250. The molecule has 1 N–H and O–H groups in total. The highest BCUT2D eigenvalue weighted by molar-refractivity contribution is 9.10. The maximum absolute atomic E-state index is 13.7. The van der Waals surface area contributed by atoms with Crippen LogP contribution < -0.4 is 5.32 Å². The van der Waals surface area contributed by atoms with Gasteiger partial charge < -0.3 is 5.32 Å². The molecule has 0 radical (unpaired) electrons. The van der Waals surface area contributed by atoms with Crippen molar-refractivity contribution in [2.24, 2.45) is 0 Å². The molecular formula is C16H16BrClFN. The second kappa shape index (κ2) is 7.21. The SMILES string of the molecule is CCCNC(c1ccc(Cl)cc1)c1ccc(Br)c(F)c1. The summed E-state index contributed by atoms with van der Waals surface area (Å²) in [5.74, 6) is -0.250. The van der Waals surface area contributed by atoms with Crippen LogP contribution >= 0.6 is 27.5 Å². The van der Waals surface area contributed by atoms with E-state index in [4.69, 9.17) is 11.6 Å². The molecule has 0 spiro atoms. The quantitative estimate of drug-likeness (QED) is 0.763. The van der Waals surface area contributed by atoms with Crippen LogP contribution in [-0.4, -0.2) is 6.54 Å². The van der Waals surface area contributed by atoms with Crippen molar-refractivity contribution < 1.29 is 4.39 Å². The molecule has 0 aromatic heterocycles. The predicted molar refractivity (Wildman–Crippen MR) is 85.7 cm³/mol. The molecule has 1 nitrogen and oxygen atoms in total. The van der Waals surface area contributed by atoms with Gasteiger partial charge in [-0.25, -0.2) is 4.39 Å². The van der Waals surface area contributed by atoms with Crippen molar-refractivity contribution in [3.8, 4) is 0 Å². The van der Waals surface area contributed by atoms with E-state index in [0.29, 0.717) is 9.50 Å². The van der Waals surface area contributed by atoms with Gasteiger partial charge in [0, 0.05) is 5.02 Å². The highest BCUT2D eigenvalue weighted by Gasteiger charge is 2.14. The highest BCUT2D eigenvalue weighted by atomic mass is 79.9. The van der Waals surface area contributed by atoms with Crippen molar-refractivity contribution in [1.82, 2.24) is 5.32 Å².